The summed E-state index contributed by atoms with van der Waals surface area (Å²) in [6.45, 7) is 8.81. The smallest absolute Gasteiger partial charge is 0.138 e. The second-order valence-electron chi connectivity index (χ2n) is 3.91. The first-order valence-corrected chi connectivity index (χ1v) is 5.24. The van der Waals surface area contributed by atoms with Gasteiger partial charge in [0.25, 0.3) is 0 Å². The van der Waals surface area contributed by atoms with Crippen molar-refractivity contribution >= 4 is 0 Å². The fourth-order valence-electron chi connectivity index (χ4n) is 1.39. The van der Waals surface area contributed by atoms with Gasteiger partial charge in [0, 0.05) is 25.3 Å². The largest absolute Gasteiger partial charge is 0.380 e. The van der Waals surface area contributed by atoms with Crippen molar-refractivity contribution in [3.8, 4) is 0 Å². The van der Waals surface area contributed by atoms with Crippen LogP contribution in [0.2, 0.25) is 0 Å². The molecule has 2 atom stereocenters. The highest BCUT2D eigenvalue weighted by atomic mass is 16.5. The normalized spacial score (nSPS) is 15.3. The molecule has 86 valence electrons. The minimum Gasteiger partial charge on any atom is -0.380 e. The molecule has 1 N–H and O–H groups in total. The lowest BCUT2D eigenvalue weighted by molar-refractivity contribution is 0.0881. The Kier molecular flexibility index (Phi) is 4.29. The molecule has 0 fully saturated rings. The van der Waals surface area contributed by atoms with E-state index < -0.39 is 0 Å². The minimum absolute atomic E-state index is 0.200. The monoisotopic (exact) mass is 212 g/mol. The van der Waals surface area contributed by atoms with Gasteiger partial charge in [-0.15, -0.1) is 0 Å². The number of methoxy groups -OCH3 is 1. The fourth-order valence-corrected chi connectivity index (χ4v) is 1.39. The van der Waals surface area contributed by atoms with E-state index in [0.717, 1.165) is 23.6 Å². The van der Waals surface area contributed by atoms with E-state index in [1.807, 2.05) is 20.8 Å². The van der Waals surface area contributed by atoms with Crippen molar-refractivity contribution in [1.82, 2.24) is 10.5 Å². The van der Waals surface area contributed by atoms with Crippen molar-refractivity contribution in [2.24, 2.45) is 0 Å². The summed E-state index contributed by atoms with van der Waals surface area (Å²) < 4.78 is 10.3. The van der Waals surface area contributed by atoms with Crippen LogP contribution in [0.5, 0.6) is 0 Å². The van der Waals surface area contributed by atoms with E-state index in [0.29, 0.717) is 6.04 Å². The quantitative estimate of drug-likeness (QED) is 0.808. The molecule has 1 aromatic rings. The maximum Gasteiger partial charge on any atom is 0.138 e. The molecule has 0 amide bonds. The lowest BCUT2D eigenvalue weighted by atomic mass is 10.1. The average molecular weight is 212 g/mol. The van der Waals surface area contributed by atoms with Gasteiger partial charge in [0.1, 0.15) is 5.76 Å². The zero-order valence-corrected chi connectivity index (χ0v) is 10.1. The molecule has 15 heavy (non-hydrogen) atoms. The Hall–Kier alpha value is -0.870. The van der Waals surface area contributed by atoms with Crippen LogP contribution in [0.1, 0.15) is 30.9 Å². The Labute approximate surface area is 91.0 Å². The van der Waals surface area contributed by atoms with Gasteiger partial charge in [0.15, 0.2) is 0 Å². The highest BCUT2D eigenvalue weighted by Crippen LogP contribution is 2.12. The number of nitrogens with one attached hydrogen (secondary N) is 1. The van der Waals surface area contributed by atoms with Crippen molar-refractivity contribution in [3.05, 3.63) is 17.0 Å². The van der Waals surface area contributed by atoms with Crippen molar-refractivity contribution in [2.75, 3.05) is 7.11 Å². The summed E-state index contributed by atoms with van der Waals surface area (Å²) in [4.78, 5) is 0. The van der Waals surface area contributed by atoms with Crippen LogP contribution in [0, 0.1) is 13.8 Å². The molecular formula is C11H20N2O2. The molecule has 0 saturated heterocycles. The van der Waals surface area contributed by atoms with E-state index in [1.165, 1.54) is 0 Å². The Morgan fingerprint density at radius 1 is 1.40 bits per heavy atom. The Morgan fingerprint density at radius 2 is 2.07 bits per heavy atom. The third-order valence-corrected chi connectivity index (χ3v) is 2.86. The minimum atomic E-state index is 0.200. The van der Waals surface area contributed by atoms with Gasteiger partial charge in [-0.05, 0) is 27.7 Å². The standard InChI is InChI=1S/C11H20N2O2/c1-7(9(3)14-5)12-6-11-8(2)13-15-10(11)4/h7,9,12H,6H2,1-5H3. The second-order valence-corrected chi connectivity index (χ2v) is 3.91. The number of aryl methyl sites for hydroxylation is 2. The summed E-state index contributed by atoms with van der Waals surface area (Å²) in [5.74, 6) is 0.886. The van der Waals surface area contributed by atoms with Crippen molar-refractivity contribution < 1.29 is 9.26 Å². The van der Waals surface area contributed by atoms with E-state index in [9.17, 15) is 0 Å². The Bertz CT molecular complexity index is 290. The van der Waals surface area contributed by atoms with Gasteiger partial charge in [-0.2, -0.15) is 0 Å². The summed E-state index contributed by atoms with van der Waals surface area (Å²) in [5, 5.41) is 7.31. The number of nitrogens with zero attached hydrogens (tertiary/aromatic N) is 1. The third-order valence-electron chi connectivity index (χ3n) is 2.86. The van der Waals surface area contributed by atoms with E-state index in [-0.39, 0.29) is 6.10 Å². The van der Waals surface area contributed by atoms with Crippen LogP contribution in [-0.4, -0.2) is 24.4 Å². The van der Waals surface area contributed by atoms with Gasteiger partial charge >= 0.3 is 0 Å². The number of hydrogen-bond acceptors (Lipinski definition) is 4. The van der Waals surface area contributed by atoms with Crippen molar-refractivity contribution in [3.63, 3.8) is 0 Å². The van der Waals surface area contributed by atoms with Gasteiger partial charge in [-0.1, -0.05) is 5.16 Å². The van der Waals surface area contributed by atoms with Gasteiger partial charge in [-0.3, -0.25) is 0 Å². The molecule has 2 unspecified atom stereocenters. The molecule has 0 spiro atoms. The number of aromatic nitrogens is 1. The van der Waals surface area contributed by atoms with E-state index >= 15 is 0 Å². The molecule has 1 heterocycles. The zero-order valence-electron chi connectivity index (χ0n) is 10.1. The first-order valence-electron chi connectivity index (χ1n) is 5.24. The maximum atomic E-state index is 5.24. The lowest BCUT2D eigenvalue weighted by Crippen LogP contribution is -2.36. The number of rotatable bonds is 5. The third kappa shape index (κ3) is 3.04. The predicted octanol–water partition coefficient (Wildman–Crippen LogP) is 1.80. The Morgan fingerprint density at radius 3 is 2.53 bits per heavy atom. The molecule has 0 aliphatic carbocycles. The molecule has 4 nitrogen and oxygen atoms in total. The molecule has 0 aliphatic rings. The van der Waals surface area contributed by atoms with Gasteiger partial charge in [0.05, 0.1) is 11.8 Å². The SMILES string of the molecule is COC(C)C(C)NCc1c(C)noc1C. The first kappa shape index (κ1) is 12.2. The average Bonchev–Trinajstić information content (AvgIpc) is 2.54. The first-order chi connectivity index (χ1) is 7.06. The van der Waals surface area contributed by atoms with E-state index in [2.05, 4.69) is 17.4 Å². The highest BCUT2D eigenvalue weighted by Gasteiger charge is 2.13. The van der Waals surface area contributed by atoms with Crippen molar-refractivity contribution in [2.45, 2.75) is 46.4 Å². The van der Waals surface area contributed by atoms with E-state index in [1.54, 1.807) is 7.11 Å². The van der Waals surface area contributed by atoms with Crippen LogP contribution in [0.4, 0.5) is 0 Å². The molecule has 1 rings (SSSR count). The zero-order chi connectivity index (χ0) is 11.4. The summed E-state index contributed by atoms with van der Waals surface area (Å²) in [6, 6.07) is 0.309. The number of hydrogen-bond donors (Lipinski definition) is 1. The summed E-state index contributed by atoms with van der Waals surface area (Å²) in [5.41, 5.74) is 2.10. The van der Waals surface area contributed by atoms with Crippen LogP contribution in [0.3, 0.4) is 0 Å². The molecule has 0 radical (unpaired) electrons. The van der Waals surface area contributed by atoms with E-state index in [4.69, 9.17) is 9.26 Å². The Balaban J connectivity index is 2.50. The van der Waals surface area contributed by atoms with Crippen LogP contribution in [-0.2, 0) is 11.3 Å². The summed E-state index contributed by atoms with van der Waals surface area (Å²) in [7, 11) is 1.72. The van der Waals surface area contributed by atoms with Crippen molar-refractivity contribution in [1.29, 1.82) is 0 Å². The topological polar surface area (TPSA) is 47.3 Å². The lowest BCUT2D eigenvalue weighted by Gasteiger charge is -2.19. The van der Waals surface area contributed by atoms with Gasteiger partial charge in [-0.25, -0.2) is 0 Å². The number of ether oxygens (including phenoxy) is 1. The maximum absolute atomic E-state index is 5.24. The fraction of sp³-hybridized carbons (Fsp3) is 0.727. The summed E-state index contributed by atoms with van der Waals surface area (Å²) >= 11 is 0. The predicted molar refractivity (Wildman–Crippen MR) is 58.7 cm³/mol. The van der Waals surface area contributed by atoms with Crippen LogP contribution in [0.25, 0.3) is 0 Å². The van der Waals surface area contributed by atoms with Gasteiger partial charge in [0.2, 0.25) is 0 Å². The second kappa shape index (κ2) is 5.28. The molecule has 0 bridgehead atoms. The molecule has 1 aromatic heterocycles. The molecule has 4 heteroatoms. The van der Waals surface area contributed by atoms with Gasteiger partial charge < -0.3 is 14.6 Å². The molecular weight excluding hydrogens is 192 g/mol. The summed E-state index contributed by atoms with van der Waals surface area (Å²) in [6.07, 6.45) is 0.200. The molecule has 0 aliphatic heterocycles. The van der Waals surface area contributed by atoms with Crippen LogP contribution < -0.4 is 5.32 Å². The molecule has 0 saturated carbocycles. The molecule has 0 aromatic carbocycles. The highest BCUT2D eigenvalue weighted by molar-refractivity contribution is 5.20. The van der Waals surface area contributed by atoms with Crippen LogP contribution in [0.15, 0.2) is 4.52 Å². The van der Waals surface area contributed by atoms with Crippen LogP contribution >= 0.6 is 0 Å².